The average molecular weight is 429 g/mol. The molecule has 0 radical (unpaired) electrons. The lowest BCUT2D eigenvalue weighted by Crippen LogP contribution is -2.40. The zero-order chi connectivity index (χ0) is 19.3. The van der Waals surface area contributed by atoms with Crippen LogP contribution in [-0.2, 0) is 4.74 Å². The zero-order valence-corrected chi connectivity index (χ0v) is 17.0. The van der Waals surface area contributed by atoms with E-state index < -0.39 is 11.7 Å². The summed E-state index contributed by atoms with van der Waals surface area (Å²) in [5.74, 6) is 0.324. The molecule has 0 aromatic carbocycles. The Morgan fingerprint density at radius 1 is 1.19 bits per heavy atom. The minimum Gasteiger partial charge on any atom is -0.479 e. The summed E-state index contributed by atoms with van der Waals surface area (Å²) >= 11 is 3.25. The first-order chi connectivity index (χ1) is 12.2. The summed E-state index contributed by atoms with van der Waals surface area (Å²) < 4.78 is 11.0. The van der Waals surface area contributed by atoms with Crippen molar-refractivity contribution in [2.24, 2.45) is 0 Å². The maximum Gasteiger partial charge on any atom is 0.407 e. The molecule has 1 aliphatic carbocycles. The predicted molar refractivity (Wildman–Crippen MR) is 101 cm³/mol. The molecule has 26 heavy (non-hydrogen) atoms. The minimum atomic E-state index is -0.530. The highest BCUT2D eigenvalue weighted by Gasteiger charge is 2.28. The molecule has 1 heterocycles. The van der Waals surface area contributed by atoms with Crippen LogP contribution in [0.25, 0.3) is 0 Å². The molecule has 0 saturated heterocycles. The molecule has 1 saturated carbocycles. The minimum absolute atomic E-state index is 0.0148. The van der Waals surface area contributed by atoms with Gasteiger partial charge in [-0.15, -0.1) is 0 Å². The summed E-state index contributed by atoms with van der Waals surface area (Å²) in [6.07, 6.45) is 1.79. The van der Waals surface area contributed by atoms with Gasteiger partial charge in [-0.05, 0) is 68.1 Å². The van der Waals surface area contributed by atoms with E-state index in [0.29, 0.717) is 22.6 Å². The summed E-state index contributed by atoms with van der Waals surface area (Å²) in [7, 11) is 1.49. The van der Waals surface area contributed by atoms with E-state index in [2.05, 4.69) is 36.9 Å². The Bertz CT molecular complexity index is 663. The second kappa shape index (κ2) is 8.57. The van der Waals surface area contributed by atoms with Crippen LogP contribution in [0.15, 0.2) is 16.7 Å². The molecule has 8 nitrogen and oxygen atoms in total. The number of nitrogens with zero attached hydrogens (tertiary/aromatic N) is 1. The van der Waals surface area contributed by atoms with Crippen molar-refractivity contribution in [3.05, 3.63) is 16.7 Å². The third-order valence-electron chi connectivity index (χ3n) is 3.76. The molecule has 0 aliphatic heterocycles. The number of anilines is 1. The van der Waals surface area contributed by atoms with Crippen molar-refractivity contribution >= 4 is 33.7 Å². The number of carbonyl (C=O) groups is 2. The molecule has 0 spiro atoms. The van der Waals surface area contributed by atoms with Gasteiger partial charge in [0.15, 0.2) is 0 Å². The lowest BCUT2D eigenvalue weighted by molar-refractivity contribution is 0.0505. The van der Waals surface area contributed by atoms with Gasteiger partial charge in [0.1, 0.15) is 15.9 Å². The van der Waals surface area contributed by atoms with E-state index in [1.54, 1.807) is 12.1 Å². The van der Waals surface area contributed by atoms with Crippen molar-refractivity contribution in [3.63, 3.8) is 0 Å². The topological polar surface area (TPSA) is 102 Å². The molecule has 0 bridgehead atoms. The number of methoxy groups -OCH3 is 1. The van der Waals surface area contributed by atoms with Crippen LogP contribution < -0.4 is 20.7 Å². The normalized spacial score (nSPS) is 19.6. The molecule has 2 rings (SSSR count). The fourth-order valence-corrected chi connectivity index (χ4v) is 3.02. The highest BCUT2D eigenvalue weighted by molar-refractivity contribution is 9.10. The van der Waals surface area contributed by atoms with Gasteiger partial charge < -0.3 is 25.4 Å². The van der Waals surface area contributed by atoms with E-state index >= 15 is 0 Å². The van der Waals surface area contributed by atoms with Crippen LogP contribution in [0.3, 0.4) is 0 Å². The Labute approximate surface area is 161 Å². The fourth-order valence-electron chi connectivity index (χ4n) is 2.73. The molecule has 1 aliphatic rings. The lowest BCUT2D eigenvalue weighted by atomic mass is 10.2. The van der Waals surface area contributed by atoms with E-state index in [1.807, 2.05) is 20.8 Å². The van der Waals surface area contributed by atoms with E-state index in [9.17, 15) is 9.59 Å². The van der Waals surface area contributed by atoms with Crippen LogP contribution in [0, 0.1) is 0 Å². The molecule has 3 amide bonds. The lowest BCUT2D eigenvalue weighted by Gasteiger charge is -2.21. The van der Waals surface area contributed by atoms with Gasteiger partial charge in [0.05, 0.1) is 7.11 Å². The Morgan fingerprint density at radius 2 is 1.85 bits per heavy atom. The van der Waals surface area contributed by atoms with Crippen LogP contribution in [0.2, 0.25) is 0 Å². The van der Waals surface area contributed by atoms with Gasteiger partial charge in [-0.1, -0.05) is 0 Å². The van der Waals surface area contributed by atoms with Crippen LogP contribution in [0.5, 0.6) is 5.88 Å². The van der Waals surface area contributed by atoms with Crippen LogP contribution in [0.1, 0.15) is 40.0 Å². The number of rotatable bonds is 4. The Hall–Kier alpha value is -2.03. The number of urea groups is 1. The maximum absolute atomic E-state index is 12.2. The van der Waals surface area contributed by atoms with Gasteiger partial charge in [-0.25, -0.2) is 14.6 Å². The summed E-state index contributed by atoms with van der Waals surface area (Å²) in [5, 5.41) is 8.48. The number of pyridine rings is 1. The standard InChI is InChI=1S/C17H25BrN4O4/c1-17(2,3)26-16(24)20-11-6-5-10(9-11)19-15(23)21-12-7-8-13(18)22-14(12)25-4/h7-8,10-11H,5-6,9H2,1-4H3,(H,20,24)(H2,19,21,23)/t10-,11+/m0/s1. The SMILES string of the molecule is COc1nc(Br)ccc1NC(=O)N[C@H]1CC[C@@H](NC(=O)OC(C)(C)C)C1. The Balaban J connectivity index is 1.81. The van der Waals surface area contributed by atoms with Gasteiger partial charge in [-0.2, -0.15) is 0 Å². The average Bonchev–Trinajstić information content (AvgIpc) is 2.93. The molecule has 144 valence electrons. The fraction of sp³-hybridized carbons (Fsp3) is 0.588. The number of amides is 3. The number of nitrogens with one attached hydrogen (secondary N) is 3. The van der Waals surface area contributed by atoms with E-state index in [-0.39, 0.29) is 18.1 Å². The van der Waals surface area contributed by atoms with Gasteiger partial charge in [0.2, 0.25) is 5.88 Å². The van der Waals surface area contributed by atoms with Gasteiger partial charge in [0, 0.05) is 12.1 Å². The van der Waals surface area contributed by atoms with Crippen LogP contribution in [0.4, 0.5) is 15.3 Å². The molecular weight excluding hydrogens is 404 g/mol. The van der Waals surface area contributed by atoms with Crippen molar-refractivity contribution < 1.29 is 19.1 Å². The molecule has 1 aromatic heterocycles. The quantitative estimate of drug-likeness (QED) is 0.637. The van der Waals surface area contributed by atoms with Gasteiger partial charge in [0.25, 0.3) is 0 Å². The van der Waals surface area contributed by atoms with Crippen LogP contribution in [-0.4, -0.2) is 41.9 Å². The maximum atomic E-state index is 12.2. The third kappa shape index (κ3) is 6.36. The Kier molecular flexibility index (Phi) is 6.69. The van der Waals surface area contributed by atoms with Gasteiger partial charge >= 0.3 is 12.1 Å². The Morgan fingerprint density at radius 3 is 2.46 bits per heavy atom. The van der Waals surface area contributed by atoms with E-state index in [1.165, 1.54) is 7.11 Å². The molecular formula is C17H25BrN4O4. The van der Waals surface area contributed by atoms with Crippen LogP contribution >= 0.6 is 15.9 Å². The second-order valence-corrected chi connectivity index (χ2v) is 7.95. The number of hydrogen-bond acceptors (Lipinski definition) is 5. The smallest absolute Gasteiger partial charge is 0.407 e. The first kappa shape index (κ1) is 20.3. The van der Waals surface area contributed by atoms with Crippen molar-refractivity contribution in [1.82, 2.24) is 15.6 Å². The number of alkyl carbamates (subject to hydrolysis) is 1. The third-order valence-corrected chi connectivity index (χ3v) is 4.20. The van der Waals surface area contributed by atoms with Crippen molar-refractivity contribution in [2.45, 2.75) is 57.7 Å². The highest BCUT2D eigenvalue weighted by Crippen LogP contribution is 2.24. The van der Waals surface area contributed by atoms with Crippen molar-refractivity contribution in [3.8, 4) is 5.88 Å². The largest absolute Gasteiger partial charge is 0.479 e. The summed E-state index contributed by atoms with van der Waals surface area (Å²) in [6.45, 7) is 5.46. The monoisotopic (exact) mass is 428 g/mol. The van der Waals surface area contributed by atoms with Gasteiger partial charge in [-0.3, -0.25) is 0 Å². The summed E-state index contributed by atoms with van der Waals surface area (Å²) in [4.78, 5) is 28.2. The summed E-state index contributed by atoms with van der Waals surface area (Å²) in [6, 6.07) is 3.05. The second-order valence-electron chi connectivity index (χ2n) is 7.14. The number of halogens is 1. The summed E-state index contributed by atoms with van der Waals surface area (Å²) in [5.41, 5.74) is -0.0486. The number of carbonyl (C=O) groups excluding carboxylic acids is 2. The van der Waals surface area contributed by atoms with E-state index in [0.717, 1.165) is 12.8 Å². The highest BCUT2D eigenvalue weighted by atomic mass is 79.9. The first-order valence-electron chi connectivity index (χ1n) is 8.44. The molecule has 2 atom stereocenters. The number of ether oxygens (including phenoxy) is 2. The molecule has 3 N–H and O–H groups in total. The van der Waals surface area contributed by atoms with Crippen molar-refractivity contribution in [2.75, 3.05) is 12.4 Å². The molecule has 1 aromatic rings. The molecule has 0 unspecified atom stereocenters. The molecule has 9 heteroatoms. The first-order valence-corrected chi connectivity index (χ1v) is 9.23. The number of aromatic nitrogens is 1. The predicted octanol–water partition coefficient (Wildman–Crippen LogP) is 3.42. The van der Waals surface area contributed by atoms with Crippen molar-refractivity contribution in [1.29, 1.82) is 0 Å². The molecule has 1 fully saturated rings. The number of hydrogen-bond donors (Lipinski definition) is 3. The van der Waals surface area contributed by atoms with E-state index in [4.69, 9.17) is 9.47 Å². The zero-order valence-electron chi connectivity index (χ0n) is 15.4.